The molecule has 2 unspecified atom stereocenters. The Morgan fingerprint density at radius 3 is 3.00 bits per heavy atom. The van der Waals surface area contributed by atoms with Gasteiger partial charge in [0, 0.05) is 24.4 Å². The van der Waals surface area contributed by atoms with E-state index in [9.17, 15) is 0 Å². The number of nitrogens with two attached hydrogens (primary N) is 1. The van der Waals surface area contributed by atoms with Crippen LogP contribution in [-0.4, -0.2) is 23.2 Å². The van der Waals surface area contributed by atoms with E-state index in [1.165, 1.54) is 24.1 Å². The molecular weight excluding hydrogens is 250 g/mol. The summed E-state index contributed by atoms with van der Waals surface area (Å²) in [6.45, 7) is 2.83. The van der Waals surface area contributed by atoms with Gasteiger partial charge in [0.2, 0.25) is 0 Å². The molecule has 3 N–H and O–H groups in total. The Bertz CT molecular complexity index is 457. The summed E-state index contributed by atoms with van der Waals surface area (Å²) < 4.78 is 6.20. The van der Waals surface area contributed by atoms with Gasteiger partial charge in [0.1, 0.15) is 0 Å². The van der Waals surface area contributed by atoms with Crippen molar-refractivity contribution in [3.05, 3.63) is 29.6 Å². The number of hydrazine groups is 1. The van der Waals surface area contributed by atoms with Gasteiger partial charge in [-0.2, -0.15) is 0 Å². The molecule has 1 aromatic rings. The average Bonchev–Trinajstić information content (AvgIpc) is 3.09. The third-order valence-corrected chi connectivity index (χ3v) is 5.03. The maximum atomic E-state index is 6.20. The van der Waals surface area contributed by atoms with Crippen LogP contribution < -0.4 is 11.3 Å². The van der Waals surface area contributed by atoms with Gasteiger partial charge in [-0.05, 0) is 44.2 Å². The van der Waals surface area contributed by atoms with Crippen LogP contribution in [0.25, 0.3) is 0 Å². The normalized spacial score (nSPS) is 25.6. The lowest BCUT2D eigenvalue weighted by Gasteiger charge is -2.40. The molecule has 0 bridgehead atoms. The smallest absolute Gasteiger partial charge is 0.0854 e. The maximum Gasteiger partial charge on any atom is 0.0854 e. The summed E-state index contributed by atoms with van der Waals surface area (Å²) in [6, 6.07) is 4.39. The molecule has 1 aromatic heterocycles. The number of aromatic nitrogens is 1. The molecule has 2 atom stereocenters. The van der Waals surface area contributed by atoms with Crippen molar-refractivity contribution < 1.29 is 4.74 Å². The Morgan fingerprint density at radius 1 is 1.50 bits per heavy atom. The predicted molar refractivity (Wildman–Crippen MR) is 79.2 cm³/mol. The van der Waals surface area contributed by atoms with Gasteiger partial charge in [-0.15, -0.1) is 0 Å². The van der Waals surface area contributed by atoms with Gasteiger partial charge >= 0.3 is 0 Å². The van der Waals surface area contributed by atoms with E-state index < -0.39 is 0 Å². The molecule has 110 valence electrons. The second-order valence-electron chi connectivity index (χ2n) is 6.04. The van der Waals surface area contributed by atoms with E-state index in [2.05, 4.69) is 23.4 Å². The topological polar surface area (TPSA) is 60.2 Å². The first-order valence-electron chi connectivity index (χ1n) is 7.84. The number of fused-ring (bicyclic) bond motifs is 1. The first-order chi connectivity index (χ1) is 9.80. The summed E-state index contributed by atoms with van der Waals surface area (Å²) in [5.41, 5.74) is 5.58. The molecule has 1 fully saturated rings. The van der Waals surface area contributed by atoms with Gasteiger partial charge in [0.05, 0.1) is 11.6 Å². The Morgan fingerprint density at radius 2 is 2.30 bits per heavy atom. The van der Waals surface area contributed by atoms with Crippen molar-refractivity contribution in [1.29, 1.82) is 0 Å². The van der Waals surface area contributed by atoms with Gasteiger partial charge in [-0.25, -0.2) is 0 Å². The van der Waals surface area contributed by atoms with Crippen LogP contribution in [0.2, 0.25) is 0 Å². The van der Waals surface area contributed by atoms with Gasteiger partial charge in [-0.3, -0.25) is 16.3 Å². The molecule has 2 aliphatic carbocycles. The molecule has 0 aliphatic heterocycles. The monoisotopic (exact) mass is 275 g/mol. The summed E-state index contributed by atoms with van der Waals surface area (Å²) in [6.07, 6.45) is 8.81. The fraction of sp³-hybridized carbons (Fsp3) is 0.688. The van der Waals surface area contributed by atoms with E-state index in [0.29, 0.717) is 5.92 Å². The third kappa shape index (κ3) is 2.26. The molecule has 0 amide bonds. The highest BCUT2D eigenvalue weighted by molar-refractivity contribution is 5.31. The van der Waals surface area contributed by atoms with Crippen LogP contribution in [0.5, 0.6) is 0 Å². The number of rotatable bonds is 5. The Labute approximate surface area is 121 Å². The maximum absolute atomic E-state index is 6.20. The summed E-state index contributed by atoms with van der Waals surface area (Å²) in [7, 11) is 0. The molecular formula is C16H25N3O. The molecule has 0 aromatic carbocycles. The predicted octanol–water partition coefficient (Wildman–Crippen LogP) is 2.29. The SMILES string of the molecule is CCOC1(C(NN)C2CCc3cccnc32)CCCC1. The van der Waals surface area contributed by atoms with E-state index in [4.69, 9.17) is 10.6 Å². The standard InChI is InChI=1S/C16H25N3O/c1-2-20-16(9-3-4-10-16)15(19-17)13-8-7-12-6-5-11-18-14(12)13/h5-6,11,13,15,19H,2-4,7-10,17H2,1H3. The summed E-state index contributed by atoms with van der Waals surface area (Å²) in [5, 5.41) is 0. The Balaban J connectivity index is 1.90. The van der Waals surface area contributed by atoms with E-state index >= 15 is 0 Å². The first kappa shape index (κ1) is 14.0. The summed E-state index contributed by atoms with van der Waals surface area (Å²) in [4.78, 5) is 4.62. The third-order valence-electron chi connectivity index (χ3n) is 5.03. The van der Waals surface area contributed by atoms with Crippen molar-refractivity contribution in [3.8, 4) is 0 Å². The van der Waals surface area contributed by atoms with Crippen LogP contribution in [0, 0.1) is 0 Å². The van der Waals surface area contributed by atoms with Gasteiger partial charge in [0.25, 0.3) is 0 Å². The minimum absolute atomic E-state index is 0.104. The largest absolute Gasteiger partial charge is 0.374 e. The highest BCUT2D eigenvalue weighted by atomic mass is 16.5. The molecule has 3 rings (SSSR count). The highest BCUT2D eigenvalue weighted by Gasteiger charge is 2.47. The molecule has 0 radical (unpaired) electrons. The van der Waals surface area contributed by atoms with Crippen LogP contribution in [-0.2, 0) is 11.2 Å². The molecule has 1 saturated carbocycles. The van der Waals surface area contributed by atoms with E-state index in [1.54, 1.807) is 0 Å². The van der Waals surface area contributed by atoms with Crippen molar-refractivity contribution in [3.63, 3.8) is 0 Å². The molecule has 0 spiro atoms. The number of nitrogens with zero attached hydrogens (tertiary/aromatic N) is 1. The fourth-order valence-corrected chi connectivity index (χ4v) is 4.21. The van der Waals surface area contributed by atoms with Crippen LogP contribution in [0.3, 0.4) is 0 Å². The van der Waals surface area contributed by atoms with E-state index in [1.807, 2.05) is 12.3 Å². The number of hydrogen-bond donors (Lipinski definition) is 2. The van der Waals surface area contributed by atoms with Gasteiger partial charge in [-0.1, -0.05) is 18.9 Å². The second-order valence-corrected chi connectivity index (χ2v) is 6.04. The van der Waals surface area contributed by atoms with E-state index in [0.717, 1.165) is 32.3 Å². The molecule has 1 heterocycles. The lowest BCUT2D eigenvalue weighted by atomic mass is 9.81. The van der Waals surface area contributed by atoms with E-state index in [-0.39, 0.29) is 11.6 Å². The van der Waals surface area contributed by atoms with Gasteiger partial charge < -0.3 is 4.74 Å². The average molecular weight is 275 g/mol. The van der Waals surface area contributed by atoms with Crippen molar-refractivity contribution in [1.82, 2.24) is 10.4 Å². The number of hydrogen-bond acceptors (Lipinski definition) is 4. The molecule has 20 heavy (non-hydrogen) atoms. The Hall–Kier alpha value is -0.970. The lowest BCUT2D eigenvalue weighted by Crippen LogP contribution is -2.56. The lowest BCUT2D eigenvalue weighted by molar-refractivity contribution is -0.0679. The first-order valence-corrected chi connectivity index (χ1v) is 7.84. The molecule has 4 nitrogen and oxygen atoms in total. The zero-order valence-corrected chi connectivity index (χ0v) is 12.3. The second kappa shape index (κ2) is 5.80. The molecule has 4 heteroatoms. The number of ether oxygens (including phenoxy) is 1. The number of pyridine rings is 1. The van der Waals surface area contributed by atoms with Crippen molar-refractivity contribution in [2.24, 2.45) is 5.84 Å². The highest BCUT2D eigenvalue weighted by Crippen LogP contribution is 2.44. The van der Waals surface area contributed by atoms with Crippen molar-refractivity contribution in [2.75, 3.05) is 6.61 Å². The Kier molecular flexibility index (Phi) is 4.06. The fourth-order valence-electron chi connectivity index (χ4n) is 4.21. The number of aryl methyl sites for hydroxylation is 1. The minimum atomic E-state index is -0.104. The number of nitrogens with one attached hydrogen (secondary N) is 1. The zero-order valence-electron chi connectivity index (χ0n) is 12.3. The quantitative estimate of drug-likeness (QED) is 0.639. The minimum Gasteiger partial charge on any atom is -0.374 e. The van der Waals surface area contributed by atoms with Gasteiger partial charge in [0.15, 0.2) is 0 Å². The van der Waals surface area contributed by atoms with Crippen molar-refractivity contribution >= 4 is 0 Å². The van der Waals surface area contributed by atoms with Crippen molar-refractivity contribution in [2.45, 2.75) is 63.0 Å². The summed E-state index contributed by atoms with van der Waals surface area (Å²) in [5.74, 6) is 6.32. The zero-order chi connectivity index (χ0) is 14.0. The summed E-state index contributed by atoms with van der Waals surface area (Å²) >= 11 is 0. The molecule has 2 aliphatic rings. The molecule has 0 saturated heterocycles. The van der Waals surface area contributed by atoms with Crippen LogP contribution in [0.1, 0.15) is 56.2 Å². The van der Waals surface area contributed by atoms with Crippen LogP contribution in [0.15, 0.2) is 18.3 Å². The van der Waals surface area contributed by atoms with Crippen LogP contribution >= 0.6 is 0 Å². The van der Waals surface area contributed by atoms with Crippen LogP contribution in [0.4, 0.5) is 0 Å².